The van der Waals surface area contributed by atoms with Gasteiger partial charge in [0.15, 0.2) is 0 Å². The molecule has 0 saturated heterocycles. The van der Waals surface area contributed by atoms with Crippen LogP contribution < -0.4 is 5.32 Å². The Morgan fingerprint density at radius 1 is 1.24 bits per heavy atom. The minimum Gasteiger partial charge on any atom is -0.325 e. The molecule has 3 heteroatoms. The lowest BCUT2D eigenvalue weighted by Crippen LogP contribution is -2.33. The highest BCUT2D eigenvalue weighted by molar-refractivity contribution is 5.92. The minimum atomic E-state index is 0.0650. The first kappa shape index (κ1) is 17.7. The summed E-state index contributed by atoms with van der Waals surface area (Å²) in [5, 5.41) is 3.03. The number of amides is 1. The van der Waals surface area contributed by atoms with Crippen molar-refractivity contribution in [3.8, 4) is 0 Å². The Morgan fingerprint density at radius 2 is 1.90 bits per heavy atom. The van der Waals surface area contributed by atoms with Gasteiger partial charge in [0.05, 0.1) is 6.54 Å². The molecule has 0 bridgehead atoms. The van der Waals surface area contributed by atoms with Crippen molar-refractivity contribution in [3.63, 3.8) is 0 Å². The van der Waals surface area contributed by atoms with Gasteiger partial charge in [0.1, 0.15) is 0 Å². The average Bonchev–Trinajstić information content (AvgIpc) is 2.37. The smallest absolute Gasteiger partial charge is 0.238 e. The Labute approximate surface area is 129 Å². The number of nitrogens with one attached hydrogen (secondary N) is 1. The van der Waals surface area contributed by atoms with Gasteiger partial charge in [-0.1, -0.05) is 45.9 Å². The van der Waals surface area contributed by atoms with Crippen LogP contribution in [0.3, 0.4) is 0 Å². The molecule has 1 atom stereocenters. The quantitative estimate of drug-likeness (QED) is 0.790. The summed E-state index contributed by atoms with van der Waals surface area (Å²) in [6, 6.07) is 8.00. The fourth-order valence-corrected chi connectivity index (χ4v) is 2.86. The van der Waals surface area contributed by atoms with Gasteiger partial charge in [0, 0.05) is 12.2 Å². The summed E-state index contributed by atoms with van der Waals surface area (Å²) in [5.41, 5.74) is 2.12. The van der Waals surface area contributed by atoms with Crippen molar-refractivity contribution in [2.45, 2.75) is 40.5 Å². The fourth-order valence-electron chi connectivity index (χ4n) is 2.86. The molecular formula is C18H30N2O. The Bertz CT molecular complexity index is 443. The zero-order chi connectivity index (χ0) is 15.8. The number of rotatable bonds is 8. The van der Waals surface area contributed by atoms with E-state index in [1.54, 1.807) is 0 Å². The highest BCUT2D eigenvalue weighted by Crippen LogP contribution is 2.15. The summed E-state index contributed by atoms with van der Waals surface area (Å²) in [4.78, 5) is 14.3. The topological polar surface area (TPSA) is 32.3 Å². The second-order valence-electron chi connectivity index (χ2n) is 6.49. The molecule has 1 rings (SSSR count). The summed E-state index contributed by atoms with van der Waals surface area (Å²) in [6.07, 6.45) is 2.13. The molecule has 0 heterocycles. The van der Waals surface area contributed by atoms with E-state index in [9.17, 15) is 4.79 Å². The van der Waals surface area contributed by atoms with Crippen LogP contribution in [0.5, 0.6) is 0 Å². The second kappa shape index (κ2) is 8.83. The van der Waals surface area contributed by atoms with Gasteiger partial charge >= 0.3 is 0 Å². The Kier molecular flexibility index (Phi) is 7.44. The van der Waals surface area contributed by atoms with Crippen LogP contribution in [0.1, 0.15) is 39.7 Å². The Balaban J connectivity index is 2.46. The second-order valence-corrected chi connectivity index (χ2v) is 6.49. The van der Waals surface area contributed by atoms with E-state index in [4.69, 9.17) is 0 Å². The summed E-state index contributed by atoms with van der Waals surface area (Å²) in [7, 11) is 2.02. The van der Waals surface area contributed by atoms with Gasteiger partial charge < -0.3 is 5.32 Å². The van der Waals surface area contributed by atoms with E-state index in [0.717, 1.165) is 18.7 Å². The maximum absolute atomic E-state index is 12.1. The van der Waals surface area contributed by atoms with Crippen LogP contribution in [0, 0.1) is 11.8 Å². The molecule has 0 aliphatic carbocycles. The summed E-state index contributed by atoms with van der Waals surface area (Å²) in [6.45, 7) is 10.2. The highest BCUT2D eigenvalue weighted by Gasteiger charge is 2.12. The molecule has 0 fully saturated rings. The van der Waals surface area contributed by atoms with Crippen molar-refractivity contribution < 1.29 is 4.79 Å². The summed E-state index contributed by atoms with van der Waals surface area (Å²) in [5.74, 6) is 1.39. The van der Waals surface area contributed by atoms with Gasteiger partial charge in [-0.25, -0.2) is 0 Å². The fraction of sp³-hybridized carbons (Fsp3) is 0.611. The first-order chi connectivity index (χ1) is 9.92. The molecule has 0 aliphatic heterocycles. The van der Waals surface area contributed by atoms with Crippen LogP contribution in [0.4, 0.5) is 5.69 Å². The number of hydrogen-bond donors (Lipinski definition) is 1. The molecule has 21 heavy (non-hydrogen) atoms. The maximum Gasteiger partial charge on any atom is 0.238 e. The first-order valence-corrected chi connectivity index (χ1v) is 7.98. The van der Waals surface area contributed by atoms with Gasteiger partial charge in [-0.2, -0.15) is 0 Å². The molecule has 1 aromatic rings. The number of anilines is 1. The molecule has 0 radical (unpaired) electrons. The number of carbonyl (C=O) groups excluding carboxylic acids is 1. The standard InChI is InChI=1S/C18H30N2O/c1-6-16-9-7-8-10-17(16)19-18(21)13-20(5)12-15(4)11-14(2)3/h7-10,14-15H,6,11-13H2,1-5H3,(H,19,21)/t15-/m0/s1. The molecule has 0 aromatic heterocycles. The van der Waals surface area contributed by atoms with E-state index in [1.807, 2.05) is 25.2 Å². The molecule has 1 amide bonds. The minimum absolute atomic E-state index is 0.0650. The molecule has 3 nitrogen and oxygen atoms in total. The monoisotopic (exact) mass is 290 g/mol. The van der Waals surface area contributed by atoms with Gasteiger partial charge in [0.2, 0.25) is 5.91 Å². The predicted octanol–water partition coefficient (Wildman–Crippen LogP) is 3.80. The van der Waals surface area contributed by atoms with Gasteiger partial charge in [-0.15, -0.1) is 0 Å². The number of likely N-dealkylation sites (N-methyl/N-ethyl adjacent to an activating group) is 1. The molecule has 1 aromatic carbocycles. The normalized spacial score (nSPS) is 12.7. The van der Waals surface area contributed by atoms with Gasteiger partial charge in [0.25, 0.3) is 0 Å². The summed E-state index contributed by atoms with van der Waals surface area (Å²) < 4.78 is 0. The maximum atomic E-state index is 12.1. The van der Waals surface area contributed by atoms with Crippen molar-refractivity contribution in [1.82, 2.24) is 4.90 Å². The molecule has 1 N–H and O–H groups in total. The van der Waals surface area contributed by atoms with Gasteiger partial charge in [-0.3, -0.25) is 9.69 Å². The van der Waals surface area contributed by atoms with E-state index >= 15 is 0 Å². The van der Waals surface area contributed by atoms with E-state index in [2.05, 4.69) is 44.0 Å². The molecular weight excluding hydrogens is 260 g/mol. The number of para-hydroxylation sites is 1. The number of carbonyl (C=O) groups is 1. The van der Waals surface area contributed by atoms with E-state index in [1.165, 1.54) is 12.0 Å². The molecule has 118 valence electrons. The lowest BCUT2D eigenvalue weighted by atomic mass is 9.98. The largest absolute Gasteiger partial charge is 0.325 e. The predicted molar refractivity (Wildman–Crippen MR) is 90.6 cm³/mol. The van der Waals surface area contributed by atoms with Crippen molar-refractivity contribution in [2.24, 2.45) is 11.8 Å². The van der Waals surface area contributed by atoms with Crippen molar-refractivity contribution in [2.75, 3.05) is 25.5 Å². The third-order valence-electron chi connectivity index (χ3n) is 3.58. The molecule has 0 unspecified atom stereocenters. The van der Waals surface area contributed by atoms with Crippen molar-refractivity contribution in [3.05, 3.63) is 29.8 Å². The molecule has 0 aliphatic rings. The zero-order valence-electron chi connectivity index (χ0n) is 14.1. The third kappa shape index (κ3) is 6.76. The first-order valence-electron chi connectivity index (χ1n) is 7.98. The average molecular weight is 290 g/mol. The summed E-state index contributed by atoms with van der Waals surface area (Å²) >= 11 is 0. The van der Waals surface area contributed by atoms with Crippen LogP contribution >= 0.6 is 0 Å². The van der Waals surface area contributed by atoms with Gasteiger partial charge in [-0.05, 0) is 43.4 Å². The number of nitrogens with zero attached hydrogens (tertiary/aromatic N) is 1. The van der Waals surface area contributed by atoms with E-state index in [-0.39, 0.29) is 5.91 Å². The van der Waals surface area contributed by atoms with Crippen molar-refractivity contribution >= 4 is 11.6 Å². The lowest BCUT2D eigenvalue weighted by molar-refractivity contribution is -0.117. The Hall–Kier alpha value is -1.35. The van der Waals surface area contributed by atoms with Crippen LogP contribution in [-0.2, 0) is 11.2 Å². The highest BCUT2D eigenvalue weighted by atomic mass is 16.2. The molecule has 0 saturated carbocycles. The van der Waals surface area contributed by atoms with Crippen LogP contribution in [0.15, 0.2) is 24.3 Å². The lowest BCUT2D eigenvalue weighted by Gasteiger charge is -2.22. The third-order valence-corrected chi connectivity index (χ3v) is 3.58. The zero-order valence-corrected chi connectivity index (χ0v) is 14.1. The van der Waals surface area contributed by atoms with E-state index in [0.29, 0.717) is 18.4 Å². The molecule has 0 spiro atoms. The Morgan fingerprint density at radius 3 is 2.52 bits per heavy atom. The SMILES string of the molecule is CCc1ccccc1NC(=O)CN(C)C[C@@H](C)CC(C)C. The van der Waals surface area contributed by atoms with E-state index < -0.39 is 0 Å². The van der Waals surface area contributed by atoms with Crippen LogP contribution in [0.25, 0.3) is 0 Å². The number of hydrogen-bond acceptors (Lipinski definition) is 2. The van der Waals surface area contributed by atoms with Crippen molar-refractivity contribution in [1.29, 1.82) is 0 Å². The number of benzene rings is 1. The van der Waals surface area contributed by atoms with Crippen LogP contribution in [0.2, 0.25) is 0 Å². The number of aryl methyl sites for hydroxylation is 1. The van der Waals surface area contributed by atoms with Crippen LogP contribution in [-0.4, -0.2) is 30.9 Å².